The molecule has 4 aromatic heterocycles. The smallest absolute Gasteiger partial charge is 0.235 e. The molecule has 0 bridgehead atoms. The normalized spacial score (nSPS) is 11.6. The van der Waals surface area contributed by atoms with Gasteiger partial charge in [-0.25, -0.2) is 15.0 Å². The average molecular weight is 716 g/mol. The molecule has 0 spiro atoms. The van der Waals surface area contributed by atoms with E-state index in [2.05, 4.69) is 191 Å². The van der Waals surface area contributed by atoms with E-state index < -0.39 is 0 Å². The van der Waals surface area contributed by atoms with E-state index >= 15 is 0 Å². The molecule has 0 radical (unpaired) electrons. The molecular formula is C51H33N5. The molecular weight excluding hydrogens is 683 g/mol. The van der Waals surface area contributed by atoms with Crippen molar-refractivity contribution in [2.45, 2.75) is 0 Å². The van der Waals surface area contributed by atoms with Gasteiger partial charge in [0.2, 0.25) is 5.95 Å². The summed E-state index contributed by atoms with van der Waals surface area (Å²) in [6, 6.07) is 70.0. The second-order valence-corrected chi connectivity index (χ2v) is 14.0. The highest BCUT2D eigenvalue weighted by Crippen LogP contribution is 2.43. The molecule has 0 atom stereocenters. The molecule has 0 aliphatic heterocycles. The largest absolute Gasteiger partial charge is 0.305 e. The van der Waals surface area contributed by atoms with Crippen molar-refractivity contribution in [1.82, 2.24) is 24.1 Å². The number of pyridine rings is 1. The van der Waals surface area contributed by atoms with Crippen LogP contribution < -0.4 is 0 Å². The summed E-state index contributed by atoms with van der Waals surface area (Å²) in [4.78, 5) is 16.2. The standard InChI is InChI=1S/C51H33N5/c1-5-17-34(18-6-1)42-31-32-47(48(52-42)37-23-11-4-12-24-37)55-45-27-15-13-25-38(45)40-29-30-41-39-26-14-16-28-46(39)56(50(41)49(40)55)51-53-43(35-19-7-2-8-20-35)33-44(54-51)36-21-9-3-10-22-36/h1-33H. The maximum Gasteiger partial charge on any atom is 0.235 e. The van der Waals surface area contributed by atoms with Gasteiger partial charge in [0.1, 0.15) is 0 Å². The Hall–Kier alpha value is -7.63. The van der Waals surface area contributed by atoms with Crippen LogP contribution in [0.15, 0.2) is 200 Å². The fraction of sp³-hybridized carbons (Fsp3) is 0. The first-order chi connectivity index (χ1) is 27.8. The SMILES string of the molecule is c1ccc(-c2cc(-c3ccccc3)nc(-n3c4ccccc4c4ccc5c6ccccc6n(-c6ccc(-c7ccccc7)nc6-c6ccccc6)c5c43)n2)cc1. The number of fused-ring (bicyclic) bond motifs is 7. The van der Waals surface area contributed by atoms with E-state index in [-0.39, 0.29) is 0 Å². The van der Waals surface area contributed by atoms with Gasteiger partial charge in [-0.3, -0.25) is 4.57 Å². The highest BCUT2D eigenvalue weighted by Gasteiger charge is 2.24. The van der Waals surface area contributed by atoms with Crippen LogP contribution in [0.3, 0.4) is 0 Å². The first kappa shape index (κ1) is 31.9. The van der Waals surface area contributed by atoms with E-state index in [0.29, 0.717) is 5.95 Å². The number of hydrogen-bond acceptors (Lipinski definition) is 3. The van der Waals surface area contributed by atoms with Crippen LogP contribution in [0.5, 0.6) is 0 Å². The maximum absolute atomic E-state index is 5.42. The topological polar surface area (TPSA) is 48.5 Å². The van der Waals surface area contributed by atoms with E-state index in [1.165, 1.54) is 0 Å². The van der Waals surface area contributed by atoms with Crippen LogP contribution in [0.1, 0.15) is 0 Å². The van der Waals surface area contributed by atoms with Crippen molar-refractivity contribution < 1.29 is 0 Å². The number of aromatic nitrogens is 5. The van der Waals surface area contributed by atoms with Gasteiger partial charge in [-0.2, -0.15) is 0 Å². The number of para-hydroxylation sites is 2. The molecule has 0 aliphatic carbocycles. The van der Waals surface area contributed by atoms with Gasteiger partial charge in [0, 0.05) is 43.8 Å². The van der Waals surface area contributed by atoms with Crippen LogP contribution >= 0.6 is 0 Å². The summed E-state index contributed by atoms with van der Waals surface area (Å²) in [5.41, 5.74) is 13.0. The Morgan fingerprint density at radius 3 is 1.27 bits per heavy atom. The minimum absolute atomic E-state index is 0.613. The van der Waals surface area contributed by atoms with Gasteiger partial charge < -0.3 is 4.57 Å². The van der Waals surface area contributed by atoms with E-state index in [1.54, 1.807) is 0 Å². The van der Waals surface area contributed by atoms with Crippen LogP contribution in [0.4, 0.5) is 0 Å². The van der Waals surface area contributed by atoms with Gasteiger partial charge in [-0.05, 0) is 30.3 Å². The monoisotopic (exact) mass is 715 g/mol. The van der Waals surface area contributed by atoms with E-state index in [9.17, 15) is 0 Å². The van der Waals surface area contributed by atoms with Crippen LogP contribution in [0.2, 0.25) is 0 Å². The fourth-order valence-corrected chi connectivity index (χ4v) is 8.22. The van der Waals surface area contributed by atoms with Crippen molar-refractivity contribution in [2.24, 2.45) is 0 Å². The Labute approximate surface area is 323 Å². The average Bonchev–Trinajstić information content (AvgIpc) is 3.80. The third-order valence-electron chi connectivity index (χ3n) is 10.8. The van der Waals surface area contributed by atoms with Crippen molar-refractivity contribution in [3.8, 4) is 56.7 Å². The summed E-state index contributed by atoms with van der Waals surface area (Å²) in [5.74, 6) is 0.613. The van der Waals surface area contributed by atoms with E-state index in [1.807, 2.05) is 18.2 Å². The molecule has 7 aromatic carbocycles. The van der Waals surface area contributed by atoms with Gasteiger partial charge in [0.05, 0.1) is 50.5 Å². The first-order valence-electron chi connectivity index (χ1n) is 18.9. The molecule has 56 heavy (non-hydrogen) atoms. The summed E-state index contributed by atoms with van der Waals surface area (Å²) in [6.45, 7) is 0. The lowest BCUT2D eigenvalue weighted by molar-refractivity contribution is 0.995. The molecule has 0 amide bonds. The molecule has 0 unspecified atom stereocenters. The molecule has 11 rings (SSSR count). The van der Waals surface area contributed by atoms with Crippen molar-refractivity contribution in [3.05, 3.63) is 200 Å². The summed E-state index contributed by atoms with van der Waals surface area (Å²) >= 11 is 0. The van der Waals surface area contributed by atoms with Gasteiger partial charge >= 0.3 is 0 Å². The van der Waals surface area contributed by atoms with Gasteiger partial charge in [-0.1, -0.05) is 170 Å². The van der Waals surface area contributed by atoms with Crippen molar-refractivity contribution in [3.63, 3.8) is 0 Å². The molecule has 5 nitrogen and oxygen atoms in total. The minimum atomic E-state index is 0.613. The lowest BCUT2D eigenvalue weighted by atomic mass is 10.1. The highest BCUT2D eigenvalue weighted by molar-refractivity contribution is 6.23. The number of nitrogens with zero attached hydrogens (tertiary/aromatic N) is 5. The van der Waals surface area contributed by atoms with Crippen molar-refractivity contribution >= 4 is 43.6 Å². The van der Waals surface area contributed by atoms with E-state index in [4.69, 9.17) is 15.0 Å². The molecule has 0 saturated heterocycles. The zero-order valence-electron chi connectivity index (χ0n) is 30.3. The predicted octanol–water partition coefficient (Wildman–Crippen LogP) is 12.7. The Balaban J connectivity index is 1.29. The van der Waals surface area contributed by atoms with Crippen molar-refractivity contribution in [2.75, 3.05) is 0 Å². The first-order valence-corrected chi connectivity index (χ1v) is 18.9. The molecule has 4 heterocycles. The summed E-state index contributed by atoms with van der Waals surface area (Å²) in [6.07, 6.45) is 0. The number of benzene rings is 7. The Kier molecular flexibility index (Phi) is 7.42. The third-order valence-corrected chi connectivity index (χ3v) is 10.8. The Bertz CT molecular complexity index is 3160. The van der Waals surface area contributed by atoms with Gasteiger partial charge in [-0.15, -0.1) is 0 Å². The Morgan fingerprint density at radius 2 is 0.732 bits per heavy atom. The summed E-state index contributed by atoms with van der Waals surface area (Å²) in [7, 11) is 0. The molecule has 0 aliphatic rings. The predicted molar refractivity (Wildman–Crippen MR) is 230 cm³/mol. The fourth-order valence-electron chi connectivity index (χ4n) is 8.22. The lowest BCUT2D eigenvalue weighted by Crippen LogP contribution is -2.06. The van der Waals surface area contributed by atoms with Gasteiger partial charge in [0.15, 0.2) is 0 Å². The number of rotatable bonds is 6. The van der Waals surface area contributed by atoms with Crippen molar-refractivity contribution in [1.29, 1.82) is 0 Å². The molecule has 11 aromatic rings. The van der Waals surface area contributed by atoms with Crippen LogP contribution in [0.25, 0.3) is 100 Å². The minimum Gasteiger partial charge on any atom is -0.305 e. The molecule has 5 heteroatoms. The molecule has 0 saturated carbocycles. The van der Waals surface area contributed by atoms with Gasteiger partial charge in [0.25, 0.3) is 0 Å². The second-order valence-electron chi connectivity index (χ2n) is 14.0. The zero-order chi connectivity index (χ0) is 37.0. The lowest BCUT2D eigenvalue weighted by Gasteiger charge is -2.16. The molecule has 262 valence electrons. The highest BCUT2D eigenvalue weighted by atomic mass is 15.2. The summed E-state index contributed by atoms with van der Waals surface area (Å²) in [5, 5.41) is 4.57. The Morgan fingerprint density at radius 1 is 0.304 bits per heavy atom. The zero-order valence-corrected chi connectivity index (χ0v) is 30.3. The third kappa shape index (κ3) is 5.13. The van der Waals surface area contributed by atoms with E-state index in [0.717, 1.165) is 94.3 Å². The maximum atomic E-state index is 5.42. The second kappa shape index (κ2) is 13.0. The quantitative estimate of drug-likeness (QED) is 0.172. The van der Waals surface area contributed by atoms with Crippen LogP contribution in [-0.4, -0.2) is 24.1 Å². The summed E-state index contributed by atoms with van der Waals surface area (Å²) < 4.78 is 4.68. The molecule has 0 N–H and O–H groups in total. The number of hydrogen-bond donors (Lipinski definition) is 0. The van der Waals surface area contributed by atoms with Crippen LogP contribution in [0, 0.1) is 0 Å². The van der Waals surface area contributed by atoms with Crippen LogP contribution in [-0.2, 0) is 0 Å². The molecule has 0 fully saturated rings.